The van der Waals surface area contributed by atoms with Gasteiger partial charge >= 0.3 is 5.97 Å². The fourth-order valence-corrected chi connectivity index (χ4v) is 3.30. The number of ether oxygens (including phenoxy) is 2. The van der Waals surface area contributed by atoms with Crippen molar-refractivity contribution >= 4 is 28.9 Å². The molecule has 6 heteroatoms. The van der Waals surface area contributed by atoms with E-state index in [0.717, 1.165) is 37.0 Å². The van der Waals surface area contributed by atoms with E-state index in [1.54, 1.807) is 0 Å². The number of nitrogens with zero attached hydrogens (tertiary/aromatic N) is 1. The SMILES string of the molecule is COC(=O)c1sc(OC2CCC(C)(C)CC2)nc1Cl. The van der Waals surface area contributed by atoms with Crippen LogP contribution in [0.5, 0.6) is 5.19 Å². The average Bonchev–Trinajstić information content (AvgIpc) is 2.72. The Morgan fingerprint density at radius 1 is 1.42 bits per heavy atom. The van der Waals surface area contributed by atoms with E-state index in [0.29, 0.717) is 15.5 Å². The molecule has 4 nitrogen and oxygen atoms in total. The van der Waals surface area contributed by atoms with Crippen molar-refractivity contribution in [1.29, 1.82) is 0 Å². The van der Waals surface area contributed by atoms with Gasteiger partial charge in [-0.05, 0) is 31.1 Å². The van der Waals surface area contributed by atoms with Crippen molar-refractivity contribution in [3.05, 3.63) is 10.0 Å². The zero-order valence-electron chi connectivity index (χ0n) is 11.4. The molecule has 1 saturated carbocycles. The molecule has 1 fully saturated rings. The van der Waals surface area contributed by atoms with Gasteiger partial charge in [0.25, 0.3) is 5.19 Å². The summed E-state index contributed by atoms with van der Waals surface area (Å²) in [4.78, 5) is 15.8. The van der Waals surface area contributed by atoms with Gasteiger partial charge in [-0.25, -0.2) is 4.79 Å². The van der Waals surface area contributed by atoms with Crippen molar-refractivity contribution in [3.8, 4) is 5.19 Å². The van der Waals surface area contributed by atoms with Gasteiger partial charge in [0.15, 0.2) is 10.0 Å². The minimum absolute atomic E-state index is 0.156. The summed E-state index contributed by atoms with van der Waals surface area (Å²) in [5.74, 6) is -0.470. The predicted molar refractivity (Wildman–Crippen MR) is 75.1 cm³/mol. The fourth-order valence-electron chi connectivity index (χ4n) is 2.19. The van der Waals surface area contributed by atoms with E-state index in [1.807, 2.05) is 0 Å². The number of hydrogen-bond acceptors (Lipinski definition) is 5. The first kappa shape index (κ1) is 14.6. The molecule has 1 aromatic rings. The number of rotatable bonds is 3. The van der Waals surface area contributed by atoms with Crippen LogP contribution >= 0.6 is 22.9 Å². The van der Waals surface area contributed by atoms with Crippen LogP contribution in [0, 0.1) is 5.41 Å². The number of carbonyl (C=O) groups is 1. The Morgan fingerprint density at radius 2 is 2.05 bits per heavy atom. The summed E-state index contributed by atoms with van der Waals surface area (Å²) in [7, 11) is 1.32. The fraction of sp³-hybridized carbons (Fsp3) is 0.692. The first-order valence-corrected chi connectivity index (χ1v) is 7.52. The van der Waals surface area contributed by atoms with E-state index < -0.39 is 5.97 Å². The van der Waals surface area contributed by atoms with Gasteiger partial charge < -0.3 is 9.47 Å². The molecule has 0 unspecified atom stereocenters. The van der Waals surface area contributed by atoms with Crippen LogP contribution in [0.3, 0.4) is 0 Å². The number of methoxy groups -OCH3 is 1. The summed E-state index contributed by atoms with van der Waals surface area (Å²) in [6.45, 7) is 4.55. The molecule has 2 rings (SSSR count). The number of carbonyl (C=O) groups excluding carboxylic acids is 1. The van der Waals surface area contributed by atoms with Gasteiger partial charge in [0.1, 0.15) is 6.10 Å². The predicted octanol–water partition coefficient (Wildman–Crippen LogP) is 3.93. The highest BCUT2D eigenvalue weighted by Crippen LogP contribution is 2.38. The Hall–Kier alpha value is -0.810. The maximum absolute atomic E-state index is 11.4. The third-order valence-corrected chi connectivity index (χ3v) is 4.80. The third-order valence-electron chi connectivity index (χ3n) is 3.49. The minimum Gasteiger partial charge on any atom is -0.467 e. The van der Waals surface area contributed by atoms with E-state index >= 15 is 0 Å². The maximum Gasteiger partial charge on any atom is 0.351 e. The minimum atomic E-state index is -0.470. The number of aromatic nitrogens is 1. The maximum atomic E-state index is 11.4. The van der Waals surface area contributed by atoms with Crippen molar-refractivity contribution in [2.75, 3.05) is 7.11 Å². The summed E-state index contributed by atoms with van der Waals surface area (Å²) in [5.41, 5.74) is 0.400. The second kappa shape index (κ2) is 5.67. The standard InChI is InChI=1S/C13H18ClNO3S/c1-13(2)6-4-8(5-7-13)18-12-15-10(14)9(19-12)11(16)17-3/h8H,4-7H2,1-3H3. The van der Waals surface area contributed by atoms with E-state index in [1.165, 1.54) is 7.11 Å². The van der Waals surface area contributed by atoms with Crippen LogP contribution in [-0.2, 0) is 4.74 Å². The van der Waals surface area contributed by atoms with Crippen molar-refractivity contribution in [1.82, 2.24) is 4.98 Å². The Kier molecular flexibility index (Phi) is 4.36. The largest absolute Gasteiger partial charge is 0.467 e. The highest BCUT2D eigenvalue weighted by molar-refractivity contribution is 7.15. The van der Waals surface area contributed by atoms with Crippen LogP contribution in [0.2, 0.25) is 5.15 Å². The molecule has 106 valence electrons. The van der Waals surface area contributed by atoms with Gasteiger partial charge in [-0.1, -0.05) is 36.8 Å². The highest BCUT2D eigenvalue weighted by Gasteiger charge is 2.29. The average molecular weight is 304 g/mol. The molecular formula is C13H18ClNO3S. The first-order chi connectivity index (χ1) is 8.91. The lowest BCUT2D eigenvalue weighted by Crippen LogP contribution is -2.28. The zero-order valence-corrected chi connectivity index (χ0v) is 12.9. The Labute approximate surface area is 122 Å². The first-order valence-electron chi connectivity index (χ1n) is 6.32. The topological polar surface area (TPSA) is 48.4 Å². The molecule has 0 spiro atoms. The van der Waals surface area contributed by atoms with Crippen molar-refractivity contribution in [2.24, 2.45) is 5.41 Å². The van der Waals surface area contributed by atoms with Gasteiger partial charge in [0, 0.05) is 0 Å². The molecular weight excluding hydrogens is 286 g/mol. The molecule has 1 aliphatic carbocycles. The Bertz CT molecular complexity index is 462. The van der Waals surface area contributed by atoms with Crippen molar-refractivity contribution in [3.63, 3.8) is 0 Å². The number of halogens is 1. The molecule has 1 aromatic heterocycles. The second-order valence-corrected chi connectivity index (χ2v) is 6.89. The molecule has 1 heterocycles. The Balaban J connectivity index is 1.99. The molecule has 0 radical (unpaired) electrons. The van der Waals surface area contributed by atoms with Crippen LogP contribution in [0.15, 0.2) is 0 Å². The molecule has 0 bridgehead atoms. The molecule has 0 N–H and O–H groups in total. The highest BCUT2D eigenvalue weighted by atomic mass is 35.5. The van der Waals surface area contributed by atoms with Gasteiger partial charge in [-0.3, -0.25) is 0 Å². The van der Waals surface area contributed by atoms with Gasteiger partial charge in [-0.2, -0.15) is 4.98 Å². The molecule has 19 heavy (non-hydrogen) atoms. The summed E-state index contributed by atoms with van der Waals surface area (Å²) in [6.07, 6.45) is 4.47. The molecule has 0 amide bonds. The molecule has 0 saturated heterocycles. The zero-order chi connectivity index (χ0) is 14.0. The third kappa shape index (κ3) is 3.60. The van der Waals surface area contributed by atoms with Crippen molar-refractivity contribution < 1.29 is 14.3 Å². The van der Waals surface area contributed by atoms with Crippen LogP contribution in [0.4, 0.5) is 0 Å². The van der Waals surface area contributed by atoms with Crippen LogP contribution < -0.4 is 4.74 Å². The second-order valence-electron chi connectivity index (χ2n) is 5.57. The molecule has 1 aliphatic rings. The summed E-state index contributed by atoms with van der Waals surface area (Å²) in [6, 6.07) is 0. The van der Waals surface area contributed by atoms with Crippen LogP contribution in [0.1, 0.15) is 49.2 Å². The molecule has 0 aromatic carbocycles. The Morgan fingerprint density at radius 3 is 2.63 bits per heavy atom. The molecule has 0 atom stereocenters. The van der Waals surface area contributed by atoms with Gasteiger partial charge in [-0.15, -0.1) is 0 Å². The number of esters is 1. The quantitative estimate of drug-likeness (QED) is 0.794. The molecule has 0 aliphatic heterocycles. The summed E-state index contributed by atoms with van der Waals surface area (Å²) < 4.78 is 10.5. The van der Waals surface area contributed by atoms with E-state index in [2.05, 4.69) is 23.6 Å². The number of hydrogen-bond donors (Lipinski definition) is 0. The van der Waals surface area contributed by atoms with Gasteiger partial charge in [0.2, 0.25) is 0 Å². The van der Waals surface area contributed by atoms with Crippen LogP contribution in [0.25, 0.3) is 0 Å². The van der Waals surface area contributed by atoms with E-state index in [-0.39, 0.29) is 11.3 Å². The van der Waals surface area contributed by atoms with E-state index in [4.69, 9.17) is 16.3 Å². The summed E-state index contributed by atoms with van der Waals surface area (Å²) >= 11 is 7.05. The monoisotopic (exact) mass is 303 g/mol. The normalized spacial score (nSPS) is 19.2. The van der Waals surface area contributed by atoms with Gasteiger partial charge in [0.05, 0.1) is 7.11 Å². The number of thiazole rings is 1. The van der Waals surface area contributed by atoms with Crippen LogP contribution in [-0.4, -0.2) is 24.2 Å². The van der Waals surface area contributed by atoms with E-state index in [9.17, 15) is 4.79 Å². The summed E-state index contributed by atoms with van der Waals surface area (Å²) in [5, 5.41) is 0.609. The lowest BCUT2D eigenvalue weighted by Gasteiger charge is -2.33. The smallest absolute Gasteiger partial charge is 0.351 e. The lowest BCUT2D eigenvalue weighted by atomic mass is 9.76. The van der Waals surface area contributed by atoms with Crippen molar-refractivity contribution in [2.45, 2.75) is 45.6 Å². The lowest BCUT2D eigenvalue weighted by molar-refractivity contribution is 0.0606.